The smallest absolute Gasteiger partial charge is 0.296 e. The second-order valence-corrected chi connectivity index (χ2v) is 8.91. The predicted molar refractivity (Wildman–Crippen MR) is 110 cm³/mol. The van der Waals surface area contributed by atoms with Crippen LogP contribution in [-0.4, -0.2) is 31.0 Å². The van der Waals surface area contributed by atoms with E-state index in [9.17, 15) is 31.0 Å². The molecule has 0 fully saturated rings. The van der Waals surface area contributed by atoms with Crippen LogP contribution in [0.15, 0.2) is 69.1 Å². The third kappa shape index (κ3) is 4.16. The van der Waals surface area contributed by atoms with E-state index in [1.54, 1.807) is 0 Å². The van der Waals surface area contributed by atoms with Crippen LogP contribution in [0.5, 0.6) is 5.75 Å². The molecule has 0 aliphatic heterocycles. The van der Waals surface area contributed by atoms with E-state index < -0.39 is 41.5 Å². The second kappa shape index (κ2) is 7.50. The van der Waals surface area contributed by atoms with Gasteiger partial charge in [0.25, 0.3) is 20.2 Å². The van der Waals surface area contributed by atoms with Crippen LogP contribution in [0.3, 0.4) is 0 Å². The van der Waals surface area contributed by atoms with Gasteiger partial charge in [0, 0.05) is 11.1 Å². The number of rotatable bonds is 5. The summed E-state index contributed by atoms with van der Waals surface area (Å²) in [6.07, 6.45) is 1.21. The predicted octanol–water partition coefficient (Wildman–Crippen LogP) is 3.68. The summed E-state index contributed by atoms with van der Waals surface area (Å²) in [5.41, 5.74) is 5.44. The van der Waals surface area contributed by atoms with Gasteiger partial charge in [-0.15, -0.1) is 5.11 Å². The lowest BCUT2D eigenvalue weighted by Crippen LogP contribution is -2.00. The number of phenolic OH excluding ortho intramolecular Hbond substituents is 1. The molecule has 0 bridgehead atoms. The monoisotopic (exact) mass is 449 g/mol. The number of nitrogens with two attached hydrogens (primary N) is 1. The lowest BCUT2D eigenvalue weighted by atomic mass is 10.1. The fourth-order valence-corrected chi connectivity index (χ4v) is 4.11. The van der Waals surface area contributed by atoms with Gasteiger partial charge in [-0.25, -0.2) is 0 Å². The molecule has 0 amide bonds. The number of hydrogen-bond donors (Lipinski definition) is 4. The van der Waals surface area contributed by atoms with Crippen molar-refractivity contribution < 1.29 is 31.0 Å². The summed E-state index contributed by atoms with van der Waals surface area (Å²) in [5.74, 6) is -0.603. The number of hydrogen-bond acceptors (Lipinski definition) is 8. The van der Waals surface area contributed by atoms with Crippen molar-refractivity contribution in [3.05, 3.63) is 54.6 Å². The van der Waals surface area contributed by atoms with Crippen LogP contribution >= 0.6 is 0 Å². The van der Waals surface area contributed by atoms with Gasteiger partial charge in [0.15, 0.2) is 5.75 Å². The highest BCUT2D eigenvalue weighted by molar-refractivity contribution is 7.86. The van der Waals surface area contributed by atoms with Crippen molar-refractivity contribution in [3.63, 3.8) is 0 Å². The third-order valence-corrected chi connectivity index (χ3v) is 5.89. The molecule has 5 N–H and O–H groups in total. The van der Waals surface area contributed by atoms with Gasteiger partial charge < -0.3 is 10.8 Å². The molecule has 0 aliphatic carbocycles. The van der Waals surface area contributed by atoms with Crippen molar-refractivity contribution >= 4 is 54.1 Å². The fraction of sp³-hybridized carbons (Fsp3) is 0. The Bertz CT molecular complexity index is 1430. The average Bonchev–Trinajstić information content (AvgIpc) is 2.66. The molecular weight excluding hydrogens is 434 g/mol. The first-order valence-corrected chi connectivity index (χ1v) is 11.0. The minimum Gasteiger partial charge on any atom is -0.505 e. The van der Waals surface area contributed by atoms with Crippen molar-refractivity contribution in [2.24, 2.45) is 10.2 Å². The van der Waals surface area contributed by atoms with Gasteiger partial charge in [-0.3, -0.25) is 9.11 Å². The highest BCUT2D eigenvalue weighted by Crippen LogP contribution is 2.42. The Morgan fingerprint density at radius 3 is 2.17 bits per heavy atom. The van der Waals surface area contributed by atoms with E-state index in [1.165, 1.54) is 36.4 Å². The normalized spacial score (nSPS) is 12.5. The van der Waals surface area contributed by atoms with E-state index in [-0.39, 0.29) is 27.7 Å². The van der Waals surface area contributed by atoms with E-state index in [0.717, 1.165) is 12.1 Å². The molecule has 156 valence electrons. The van der Waals surface area contributed by atoms with E-state index in [0.29, 0.717) is 0 Å². The lowest BCUT2D eigenvalue weighted by molar-refractivity contribution is 0.472. The molecule has 0 aromatic heterocycles. The molecule has 0 aliphatic rings. The highest BCUT2D eigenvalue weighted by atomic mass is 32.2. The molecule has 12 heteroatoms. The maximum absolute atomic E-state index is 11.8. The zero-order valence-electron chi connectivity index (χ0n) is 15.1. The van der Waals surface area contributed by atoms with Gasteiger partial charge in [0.2, 0.25) is 0 Å². The summed E-state index contributed by atoms with van der Waals surface area (Å²) in [4.78, 5) is -1.20. The van der Waals surface area contributed by atoms with Crippen LogP contribution in [-0.2, 0) is 20.2 Å². The van der Waals surface area contributed by atoms with Crippen LogP contribution in [0, 0.1) is 0 Å². The zero-order valence-corrected chi connectivity index (χ0v) is 16.7. The summed E-state index contributed by atoms with van der Waals surface area (Å²) in [7, 11) is -9.39. The molecule has 3 aromatic rings. The summed E-state index contributed by atoms with van der Waals surface area (Å²) >= 11 is 0. The number of fused-ring (bicyclic) bond motifs is 1. The Kier molecular flexibility index (Phi) is 5.34. The lowest BCUT2D eigenvalue weighted by Gasteiger charge is -2.09. The van der Waals surface area contributed by atoms with Crippen molar-refractivity contribution in [1.82, 2.24) is 0 Å². The first-order chi connectivity index (χ1) is 13.9. The molecule has 0 heterocycles. The molecule has 0 saturated carbocycles. The minimum absolute atomic E-state index is 0.0819. The number of phenols is 1. The standard InChI is InChI=1S/C18H15N3O7S2/c1-2-10-4-6-13(9-15(10)29(23,24)25)20-21-17-16(30(26,27)28)7-11-3-5-12(19)8-14(11)18(17)22/h2-9,22H,1,19H2,(H,23,24,25)(H,26,27,28)/b21-20-. The first kappa shape index (κ1) is 21.4. The van der Waals surface area contributed by atoms with E-state index in [2.05, 4.69) is 16.8 Å². The molecule has 0 radical (unpaired) electrons. The molecule has 10 nitrogen and oxygen atoms in total. The van der Waals surface area contributed by atoms with Crippen LogP contribution in [0.2, 0.25) is 0 Å². The number of azo groups is 1. The molecule has 0 saturated heterocycles. The molecule has 3 rings (SSSR count). The third-order valence-electron chi connectivity index (χ3n) is 4.12. The molecule has 0 spiro atoms. The Balaban J connectivity index is 2.24. The zero-order chi connectivity index (χ0) is 22.3. The quantitative estimate of drug-likeness (QED) is 0.258. The number of nitrogens with zero attached hydrogens (tertiary/aromatic N) is 2. The van der Waals surface area contributed by atoms with Gasteiger partial charge >= 0.3 is 0 Å². The maximum Gasteiger partial charge on any atom is 0.296 e. The molecule has 3 aromatic carbocycles. The number of nitrogen functional groups attached to an aromatic ring is 1. The van der Waals surface area contributed by atoms with Gasteiger partial charge in [-0.1, -0.05) is 24.8 Å². The summed E-state index contributed by atoms with van der Waals surface area (Å²) in [6, 6.07) is 9.02. The number of anilines is 1. The first-order valence-electron chi connectivity index (χ1n) is 8.10. The Morgan fingerprint density at radius 1 is 0.900 bits per heavy atom. The highest BCUT2D eigenvalue weighted by Gasteiger charge is 2.22. The summed E-state index contributed by atoms with van der Waals surface area (Å²) in [6.45, 7) is 3.45. The molecular formula is C18H15N3O7S2. The minimum atomic E-state index is -4.80. The van der Waals surface area contributed by atoms with Gasteiger partial charge in [-0.2, -0.15) is 21.9 Å². The van der Waals surface area contributed by atoms with Crippen molar-refractivity contribution in [3.8, 4) is 5.75 Å². The molecule has 30 heavy (non-hydrogen) atoms. The van der Waals surface area contributed by atoms with E-state index in [1.807, 2.05) is 0 Å². The van der Waals surface area contributed by atoms with Crippen molar-refractivity contribution in [1.29, 1.82) is 0 Å². The van der Waals surface area contributed by atoms with Crippen LogP contribution in [0.4, 0.5) is 17.1 Å². The Labute approximate surface area is 171 Å². The van der Waals surface area contributed by atoms with Gasteiger partial charge in [0.05, 0.1) is 5.69 Å². The van der Waals surface area contributed by atoms with Crippen molar-refractivity contribution in [2.75, 3.05) is 5.73 Å². The van der Waals surface area contributed by atoms with Crippen LogP contribution in [0.25, 0.3) is 16.8 Å². The SMILES string of the molecule is C=Cc1ccc(/N=N\c2c(S(=O)(=O)O)cc3ccc(N)cc3c2O)cc1S(=O)(=O)O. The maximum atomic E-state index is 11.8. The van der Waals surface area contributed by atoms with Crippen LogP contribution in [0.1, 0.15) is 5.56 Å². The average molecular weight is 449 g/mol. The largest absolute Gasteiger partial charge is 0.505 e. The van der Waals surface area contributed by atoms with Crippen molar-refractivity contribution in [2.45, 2.75) is 9.79 Å². The Morgan fingerprint density at radius 2 is 1.57 bits per heavy atom. The second-order valence-electron chi connectivity index (χ2n) is 6.13. The summed E-state index contributed by atoms with van der Waals surface area (Å²) < 4.78 is 65.5. The van der Waals surface area contributed by atoms with E-state index >= 15 is 0 Å². The molecule has 0 atom stereocenters. The fourth-order valence-electron chi connectivity index (χ4n) is 2.74. The van der Waals surface area contributed by atoms with E-state index in [4.69, 9.17) is 5.73 Å². The topological polar surface area (TPSA) is 180 Å². The Hall–Kier alpha value is -3.32. The molecule has 0 unspecified atom stereocenters. The number of aromatic hydroxyl groups is 1. The number of benzene rings is 3. The van der Waals surface area contributed by atoms with Crippen LogP contribution < -0.4 is 5.73 Å². The summed E-state index contributed by atoms with van der Waals surface area (Å²) in [5, 5.41) is 18.4. The van der Waals surface area contributed by atoms with Gasteiger partial charge in [0.1, 0.15) is 15.5 Å². The van der Waals surface area contributed by atoms with Gasteiger partial charge in [-0.05, 0) is 41.3 Å².